The lowest BCUT2D eigenvalue weighted by Crippen LogP contribution is -2.38. The monoisotopic (exact) mass is 495 g/mol. The van der Waals surface area contributed by atoms with Gasteiger partial charge in [-0.05, 0) is 32.4 Å². The van der Waals surface area contributed by atoms with Gasteiger partial charge in [-0.1, -0.05) is 0 Å². The molecule has 1 saturated heterocycles. The van der Waals surface area contributed by atoms with Gasteiger partial charge in [-0.25, -0.2) is 9.78 Å². The highest BCUT2D eigenvalue weighted by molar-refractivity contribution is 7.53. The van der Waals surface area contributed by atoms with Crippen LogP contribution >= 0.6 is 19.2 Å². The fourth-order valence-corrected chi connectivity index (χ4v) is 3.81. The van der Waals surface area contributed by atoms with Gasteiger partial charge < -0.3 is 39.9 Å². The SMILES string of the molecule is CC(C)(C)OC(=O)[C@H](OC[C@H]1O[C@@H](n2cnc3c(N)nc(Cl)nc32)[C@H](O)[C@H]1O)P(=O)(O)O. The molecule has 14 nitrogen and oxygen atoms in total. The minimum absolute atomic E-state index is 0.00600. The Labute approximate surface area is 186 Å². The molecule has 0 saturated carbocycles. The molecule has 3 rings (SSSR count). The molecule has 0 aromatic carbocycles. The number of aromatic nitrogens is 4. The van der Waals surface area contributed by atoms with Crippen LogP contribution in [-0.2, 0) is 23.6 Å². The number of aliphatic hydroxyl groups excluding tert-OH is 2. The van der Waals surface area contributed by atoms with Crippen molar-refractivity contribution in [3.63, 3.8) is 0 Å². The minimum Gasteiger partial charge on any atom is -0.458 e. The first-order valence-corrected chi connectivity index (χ1v) is 11.3. The van der Waals surface area contributed by atoms with Gasteiger partial charge in [0.25, 0.3) is 5.85 Å². The summed E-state index contributed by atoms with van der Waals surface area (Å²) in [4.78, 5) is 43.0. The average molecular weight is 496 g/mol. The Kier molecular flexibility index (Phi) is 6.80. The molecule has 1 aliphatic heterocycles. The van der Waals surface area contributed by atoms with Gasteiger partial charge in [0.15, 0.2) is 17.7 Å². The molecule has 178 valence electrons. The van der Waals surface area contributed by atoms with Crippen molar-refractivity contribution < 1.29 is 43.6 Å². The summed E-state index contributed by atoms with van der Waals surface area (Å²) >= 11 is 5.82. The maximum atomic E-state index is 12.2. The topological polar surface area (TPSA) is 212 Å². The van der Waals surface area contributed by atoms with E-state index in [9.17, 15) is 29.4 Å². The van der Waals surface area contributed by atoms with Crippen molar-refractivity contribution in [2.75, 3.05) is 12.3 Å². The quantitative estimate of drug-likeness (QED) is 0.195. The van der Waals surface area contributed by atoms with E-state index in [-0.39, 0.29) is 22.3 Å². The smallest absolute Gasteiger partial charge is 0.365 e. The van der Waals surface area contributed by atoms with E-state index in [0.29, 0.717) is 0 Å². The molecule has 0 amide bonds. The molecule has 0 unspecified atom stereocenters. The number of aliphatic hydroxyl groups is 2. The van der Waals surface area contributed by atoms with Gasteiger partial charge in [-0.2, -0.15) is 9.97 Å². The van der Waals surface area contributed by atoms with E-state index < -0.39 is 56.2 Å². The van der Waals surface area contributed by atoms with E-state index in [1.165, 1.54) is 31.7 Å². The molecular formula is C16H23ClN5O9P. The molecule has 0 aliphatic carbocycles. The Morgan fingerprint density at radius 3 is 2.59 bits per heavy atom. The van der Waals surface area contributed by atoms with E-state index >= 15 is 0 Å². The fourth-order valence-electron chi connectivity index (χ4n) is 3.03. The minimum atomic E-state index is -5.07. The van der Waals surface area contributed by atoms with Crippen LogP contribution in [0.3, 0.4) is 0 Å². The molecule has 1 fully saturated rings. The third kappa shape index (κ3) is 5.18. The number of anilines is 1. The van der Waals surface area contributed by atoms with Crippen molar-refractivity contribution in [3.05, 3.63) is 11.6 Å². The van der Waals surface area contributed by atoms with Crippen LogP contribution < -0.4 is 5.73 Å². The van der Waals surface area contributed by atoms with Crippen LogP contribution in [0.25, 0.3) is 11.2 Å². The summed E-state index contributed by atoms with van der Waals surface area (Å²) in [6, 6.07) is 0. The van der Waals surface area contributed by atoms with Crippen molar-refractivity contribution in [3.8, 4) is 0 Å². The lowest BCUT2D eigenvalue weighted by molar-refractivity contribution is -0.166. The lowest BCUT2D eigenvalue weighted by atomic mass is 10.1. The number of esters is 1. The van der Waals surface area contributed by atoms with E-state index in [2.05, 4.69) is 15.0 Å². The van der Waals surface area contributed by atoms with Crippen LogP contribution in [0, 0.1) is 0 Å². The zero-order valence-electron chi connectivity index (χ0n) is 17.2. The summed E-state index contributed by atoms with van der Waals surface area (Å²) in [5.74, 6) is -3.53. The number of imidazole rings is 1. The predicted molar refractivity (Wildman–Crippen MR) is 108 cm³/mol. The summed E-state index contributed by atoms with van der Waals surface area (Å²) in [6.45, 7) is 3.91. The molecule has 6 N–H and O–H groups in total. The number of nitrogens with two attached hydrogens (primary N) is 1. The number of nitrogen functional groups attached to an aromatic ring is 1. The van der Waals surface area contributed by atoms with Gasteiger partial charge >= 0.3 is 13.6 Å². The highest BCUT2D eigenvalue weighted by Crippen LogP contribution is 2.43. The van der Waals surface area contributed by atoms with Crippen LogP contribution in [0.4, 0.5) is 5.82 Å². The summed E-state index contributed by atoms with van der Waals surface area (Å²) in [5, 5.41) is 20.6. The van der Waals surface area contributed by atoms with Gasteiger partial charge in [-0.3, -0.25) is 9.13 Å². The molecule has 0 radical (unpaired) electrons. The molecule has 16 heteroatoms. The van der Waals surface area contributed by atoms with Gasteiger partial charge in [0.2, 0.25) is 5.28 Å². The molecular weight excluding hydrogens is 473 g/mol. The Balaban J connectivity index is 1.78. The number of nitrogens with zero attached hydrogens (tertiary/aromatic N) is 4. The van der Waals surface area contributed by atoms with E-state index in [1.54, 1.807) is 0 Å². The molecule has 5 atom stereocenters. The molecule has 3 heterocycles. The van der Waals surface area contributed by atoms with E-state index in [0.717, 1.165) is 0 Å². The second-order valence-corrected chi connectivity index (χ2v) is 10.0. The molecule has 2 aromatic heterocycles. The van der Waals surface area contributed by atoms with Crippen LogP contribution in [0.2, 0.25) is 5.28 Å². The zero-order valence-corrected chi connectivity index (χ0v) is 18.8. The second kappa shape index (κ2) is 8.80. The second-order valence-electron chi connectivity index (χ2n) is 8.06. The summed E-state index contributed by atoms with van der Waals surface area (Å²) in [5.41, 5.74) is 5.04. The first-order valence-electron chi connectivity index (χ1n) is 9.26. The van der Waals surface area contributed by atoms with Crippen molar-refractivity contribution in [2.24, 2.45) is 0 Å². The fraction of sp³-hybridized carbons (Fsp3) is 0.625. The average Bonchev–Trinajstić information content (AvgIpc) is 3.15. The first kappa shape index (κ1) is 24.7. The van der Waals surface area contributed by atoms with Crippen molar-refractivity contribution in [1.82, 2.24) is 19.5 Å². The number of carbonyl (C=O) groups is 1. The number of ether oxygens (including phenoxy) is 3. The number of halogens is 1. The van der Waals surface area contributed by atoms with Crippen molar-refractivity contribution >= 4 is 42.1 Å². The number of carbonyl (C=O) groups excluding carboxylic acids is 1. The van der Waals surface area contributed by atoms with Gasteiger partial charge in [0.1, 0.15) is 29.4 Å². The molecule has 0 bridgehead atoms. The Hall–Kier alpha value is -1.90. The van der Waals surface area contributed by atoms with Gasteiger partial charge in [0.05, 0.1) is 12.9 Å². The highest BCUT2D eigenvalue weighted by atomic mass is 35.5. The summed E-state index contributed by atoms with van der Waals surface area (Å²) < 4.78 is 28.7. The van der Waals surface area contributed by atoms with Crippen LogP contribution in [-0.4, -0.2) is 81.9 Å². The number of fused-ring (bicyclic) bond motifs is 1. The predicted octanol–water partition coefficient (Wildman–Crippen LogP) is -0.457. The Bertz CT molecular complexity index is 1050. The molecule has 1 aliphatic rings. The zero-order chi connectivity index (χ0) is 24.0. The van der Waals surface area contributed by atoms with E-state index in [4.69, 9.17) is 31.5 Å². The number of hydrogen-bond acceptors (Lipinski definition) is 11. The standard InChI is InChI=1S/C16H23ClN5O9P/c1-16(2,3)31-13(25)14(32(26,27)28)29-4-6-8(23)9(24)12(30-6)22-5-19-7-10(18)20-15(17)21-11(7)22/h5-6,8-9,12,14,23-24H,4H2,1-3H3,(H2,18,20,21)(H2,26,27,28)/t6-,8+,9-,12-,14-/m1/s1. The summed E-state index contributed by atoms with van der Waals surface area (Å²) in [7, 11) is -5.07. The molecule has 2 aromatic rings. The normalized spacial score (nSPS) is 25.2. The first-order chi connectivity index (χ1) is 14.7. The largest absolute Gasteiger partial charge is 0.458 e. The third-order valence-corrected chi connectivity index (χ3v) is 5.50. The Morgan fingerprint density at radius 1 is 1.34 bits per heavy atom. The number of rotatable bonds is 6. The highest BCUT2D eigenvalue weighted by Gasteiger charge is 2.47. The Morgan fingerprint density at radius 2 is 2.00 bits per heavy atom. The number of hydrogen-bond donors (Lipinski definition) is 5. The van der Waals surface area contributed by atoms with Crippen LogP contribution in [0.1, 0.15) is 27.0 Å². The third-order valence-electron chi connectivity index (χ3n) is 4.36. The van der Waals surface area contributed by atoms with Crippen LogP contribution in [0.5, 0.6) is 0 Å². The van der Waals surface area contributed by atoms with Crippen molar-refractivity contribution in [2.45, 2.75) is 56.8 Å². The molecule has 32 heavy (non-hydrogen) atoms. The van der Waals surface area contributed by atoms with Crippen molar-refractivity contribution in [1.29, 1.82) is 0 Å². The van der Waals surface area contributed by atoms with Gasteiger partial charge in [-0.15, -0.1) is 0 Å². The van der Waals surface area contributed by atoms with E-state index in [1.807, 2.05) is 0 Å². The maximum absolute atomic E-state index is 12.2. The van der Waals surface area contributed by atoms with Gasteiger partial charge in [0, 0.05) is 0 Å². The maximum Gasteiger partial charge on any atom is 0.365 e. The lowest BCUT2D eigenvalue weighted by Gasteiger charge is -2.25. The summed E-state index contributed by atoms with van der Waals surface area (Å²) in [6.07, 6.45) is -4.29. The molecule has 0 spiro atoms. The van der Waals surface area contributed by atoms with Crippen LogP contribution in [0.15, 0.2) is 6.33 Å².